The van der Waals surface area contributed by atoms with E-state index < -0.39 is 0 Å². The van der Waals surface area contributed by atoms with Crippen molar-refractivity contribution in [3.8, 4) is 0 Å². The summed E-state index contributed by atoms with van der Waals surface area (Å²) in [5.74, 6) is 0.988. The van der Waals surface area contributed by atoms with E-state index >= 15 is 0 Å². The smallest absolute Gasteiger partial charge is 0.220 e. The van der Waals surface area contributed by atoms with Crippen molar-refractivity contribution in [1.82, 2.24) is 5.32 Å². The maximum absolute atomic E-state index is 12.1. The molecule has 116 valence electrons. The van der Waals surface area contributed by atoms with Gasteiger partial charge in [0.25, 0.3) is 0 Å². The van der Waals surface area contributed by atoms with Crippen LogP contribution in [0.5, 0.6) is 0 Å². The molecule has 0 radical (unpaired) electrons. The fraction of sp³-hybridized carbons (Fsp3) is 0.611. The van der Waals surface area contributed by atoms with E-state index in [-0.39, 0.29) is 11.9 Å². The number of rotatable bonds is 7. The number of hydrogen-bond donors (Lipinski definition) is 1. The first-order valence-electron chi connectivity index (χ1n) is 8.17. The van der Waals surface area contributed by atoms with E-state index in [2.05, 4.69) is 33.4 Å². The van der Waals surface area contributed by atoms with Crippen molar-refractivity contribution in [2.45, 2.75) is 57.4 Å². The molecular formula is C18H26BrNO. The third kappa shape index (κ3) is 6.21. The summed E-state index contributed by atoms with van der Waals surface area (Å²) in [5, 5.41) is 3.97. The van der Waals surface area contributed by atoms with Crippen LogP contribution >= 0.6 is 15.9 Å². The van der Waals surface area contributed by atoms with Crippen LogP contribution in [0.2, 0.25) is 0 Å². The largest absolute Gasteiger partial charge is 0.352 e. The third-order valence-corrected chi connectivity index (χ3v) is 5.16. The van der Waals surface area contributed by atoms with Crippen LogP contribution < -0.4 is 5.32 Å². The molecule has 0 heterocycles. The van der Waals surface area contributed by atoms with Gasteiger partial charge in [0.1, 0.15) is 0 Å². The highest BCUT2D eigenvalue weighted by Gasteiger charge is 2.16. The normalized spacial score (nSPS) is 17.4. The molecule has 1 fully saturated rings. The fourth-order valence-electron chi connectivity index (χ4n) is 3.15. The molecule has 21 heavy (non-hydrogen) atoms. The molecular weight excluding hydrogens is 326 g/mol. The Morgan fingerprint density at radius 2 is 1.90 bits per heavy atom. The number of hydrogen-bond acceptors (Lipinski definition) is 1. The molecule has 1 atom stereocenters. The van der Waals surface area contributed by atoms with E-state index in [4.69, 9.17) is 0 Å². The predicted molar refractivity (Wildman–Crippen MR) is 91.7 cm³/mol. The Hall–Kier alpha value is -0.830. The van der Waals surface area contributed by atoms with Crippen molar-refractivity contribution >= 4 is 21.8 Å². The number of carbonyl (C=O) groups is 1. The molecule has 0 aliphatic heterocycles. The Morgan fingerprint density at radius 3 is 2.57 bits per heavy atom. The summed E-state index contributed by atoms with van der Waals surface area (Å²) in [4.78, 5) is 12.1. The second kappa shape index (κ2) is 9.24. The zero-order valence-corrected chi connectivity index (χ0v) is 14.3. The Labute approximate surface area is 136 Å². The minimum Gasteiger partial charge on any atom is -0.352 e. The van der Waals surface area contributed by atoms with Crippen LogP contribution in [-0.4, -0.2) is 17.3 Å². The first-order chi connectivity index (χ1) is 10.3. The highest BCUT2D eigenvalue weighted by molar-refractivity contribution is 9.09. The third-order valence-electron chi connectivity index (χ3n) is 4.38. The van der Waals surface area contributed by atoms with Gasteiger partial charge in [0.05, 0.1) is 0 Å². The first-order valence-corrected chi connectivity index (χ1v) is 9.29. The minimum absolute atomic E-state index is 0.186. The number of benzene rings is 1. The van der Waals surface area contributed by atoms with Gasteiger partial charge in [0, 0.05) is 17.8 Å². The molecule has 1 aliphatic rings. The van der Waals surface area contributed by atoms with Crippen molar-refractivity contribution < 1.29 is 4.79 Å². The molecule has 1 saturated carbocycles. The molecule has 0 bridgehead atoms. The Morgan fingerprint density at radius 1 is 1.19 bits per heavy atom. The standard InChI is InChI=1S/C18H26BrNO/c19-14-17(13-16-9-5-2-6-10-16)20-18(21)12-11-15-7-3-1-4-8-15/h2,5-6,9-10,15,17H,1,3-4,7-8,11-14H2,(H,20,21). The van der Waals surface area contributed by atoms with Gasteiger partial charge in [-0.05, 0) is 24.3 Å². The van der Waals surface area contributed by atoms with Crippen LogP contribution in [0.4, 0.5) is 0 Å². The van der Waals surface area contributed by atoms with Crippen molar-refractivity contribution in [1.29, 1.82) is 0 Å². The molecule has 2 rings (SSSR count). The molecule has 0 saturated heterocycles. The van der Waals surface area contributed by atoms with Gasteiger partial charge in [-0.3, -0.25) is 4.79 Å². The van der Waals surface area contributed by atoms with E-state index in [1.807, 2.05) is 18.2 Å². The summed E-state index contributed by atoms with van der Waals surface area (Å²) in [6.07, 6.45) is 9.36. The zero-order valence-electron chi connectivity index (χ0n) is 12.7. The van der Waals surface area contributed by atoms with Gasteiger partial charge >= 0.3 is 0 Å². The topological polar surface area (TPSA) is 29.1 Å². The average Bonchev–Trinajstić information content (AvgIpc) is 2.54. The van der Waals surface area contributed by atoms with Crippen LogP contribution in [0.25, 0.3) is 0 Å². The molecule has 1 aromatic carbocycles. The fourth-order valence-corrected chi connectivity index (χ4v) is 3.54. The SMILES string of the molecule is O=C(CCC1CCCCC1)NC(CBr)Cc1ccccc1. The molecule has 2 nitrogen and oxygen atoms in total. The highest BCUT2D eigenvalue weighted by Crippen LogP contribution is 2.27. The molecule has 0 spiro atoms. The minimum atomic E-state index is 0.186. The highest BCUT2D eigenvalue weighted by atomic mass is 79.9. The second-order valence-corrected chi connectivity index (χ2v) is 6.80. The number of nitrogens with one attached hydrogen (secondary N) is 1. The van der Waals surface area contributed by atoms with E-state index in [0.717, 1.165) is 24.1 Å². The van der Waals surface area contributed by atoms with Gasteiger partial charge in [-0.25, -0.2) is 0 Å². The lowest BCUT2D eigenvalue weighted by Crippen LogP contribution is -2.37. The number of alkyl halides is 1. The Balaban J connectivity index is 1.71. The molecule has 1 amide bonds. The quantitative estimate of drug-likeness (QED) is 0.721. The summed E-state index contributed by atoms with van der Waals surface area (Å²) >= 11 is 3.51. The summed E-state index contributed by atoms with van der Waals surface area (Å²) < 4.78 is 0. The molecule has 1 N–H and O–H groups in total. The second-order valence-electron chi connectivity index (χ2n) is 6.15. The van der Waals surface area contributed by atoms with Gasteiger partial charge in [-0.2, -0.15) is 0 Å². The maximum Gasteiger partial charge on any atom is 0.220 e. The predicted octanol–water partition coefficient (Wildman–Crippen LogP) is 4.47. The summed E-state index contributed by atoms with van der Waals surface area (Å²) in [7, 11) is 0. The maximum atomic E-state index is 12.1. The molecule has 0 aromatic heterocycles. The monoisotopic (exact) mass is 351 g/mol. The molecule has 1 unspecified atom stereocenters. The lowest BCUT2D eigenvalue weighted by molar-refractivity contribution is -0.122. The number of halogens is 1. The van der Waals surface area contributed by atoms with Crippen LogP contribution in [0, 0.1) is 5.92 Å². The van der Waals surface area contributed by atoms with Crippen molar-refractivity contribution in [2.75, 3.05) is 5.33 Å². The van der Waals surface area contributed by atoms with Crippen LogP contribution in [0.15, 0.2) is 30.3 Å². The summed E-state index contributed by atoms with van der Waals surface area (Å²) in [6.45, 7) is 0. The summed E-state index contributed by atoms with van der Waals surface area (Å²) in [6, 6.07) is 10.5. The van der Waals surface area contributed by atoms with E-state index in [1.165, 1.54) is 37.7 Å². The van der Waals surface area contributed by atoms with Gasteiger partial charge < -0.3 is 5.32 Å². The van der Waals surface area contributed by atoms with Crippen molar-refractivity contribution in [3.05, 3.63) is 35.9 Å². The van der Waals surface area contributed by atoms with Crippen molar-refractivity contribution in [3.63, 3.8) is 0 Å². The Bertz CT molecular complexity index is 414. The number of carbonyl (C=O) groups excluding carboxylic acids is 1. The first kappa shape index (κ1) is 16.5. The van der Waals surface area contributed by atoms with Gasteiger partial charge in [0.2, 0.25) is 5.91 Å². The van der Waals surface area contributed by atoms with E-state index in [0.29, 0.717) is 6.42 Å². The zero-order chi connectivity index (χ0) is 14.9. The van der Waals surface area contributed by atoms with Crippen molar-refractivity contribution in [2.24, 2.45) is 5.92 Å². The summed E-state index contributed by atoms with van der Waals surface area (Å²) in [5.41, 5.74) is 1.27. The molecule has 1 aliphatic carbocycles. The molecule has 3 heteroatoms. The average molecular weight is 352 g/mol. The lowest BCUT2D eigenvalue weighted by atomic mass is 9.86. The van der Waals surface area contributed by atoms with Gasteiger partial charge in [-0.1, -0.05) is 78.4 Å². The molecule has 1 aromatic rings. The van der Waals surface area contributed by atoms with E-state index in [1.54, 1.807) is 0 Å². The Kier molecular flexibility index (Phi) is 7.28. The van der Waals surface area contributed by atoms with E-state index in [9.17, 15) is 4.79 Å². The van der Waals surface area contributed by atoms with Crippen LogP contribution in [0.3, 0.4) is 0 Å². The van der Waals surface area contributed by atoms with Gasteiger partial charge in [-0.15, -0.1) is 0 Å². The number of amides is 1. The van der Waals surface area contributed by atoms with Crippen LogP contribution in [-0.2, 0) is 11.2 Å². The van der Waals surface area contributed by atoms with Gasteiger partial charge in [0.15, 0.2) is 0 Å². The lowest BCUT2D eigenvalue weighted by Gasteiger charge is -2.22. The van der Waals surface area contributed by atoms with Crippen LogP contribution in [0.1, 0.15) is 50.5 Å².